The number of carbonyl (C=O) groups is 2. The van der Waals surface area contributed by atoms with Gasteiger partial charge in [0.05, 0.1) is 18.5 Å². The Labute approximate surface area is 143 Å². The van der Waals surface area contributed by atoms with Crippen molar-refractivity contribution < 1.29 is 19.1 Å². The van der Waals surface area contributed by atoms with Crippen LogP contribution in [-0.4, -0.2) is 24.5 Å². The second-order valence-electron chi connectivity index (χ2n) is 5.38. The summed E-state index contributed by atoms with van der Waals surface area (Å²) in [5.41, 5.74) is -0.846. The smallest absolute Gasteiger partial charge is 0.278 e. The Kier molecular flexibility index (Phi) is 4.07. The van der Waals surface area contributed by atoms with E-state index in [0.717, 1.165) is 0 Å². The molecule has 24 heavy (non-hydrogen) atoms. The number of rotatable bonds is 3. The van der Waals surface area contributed by atoms with Crippen LogP contribution in [0.4, 0.5) is 11.4 Å². The molecule has 1 aliphatic heterocycles. The summed E-state index contributed by atoms with van der Waals surface area (Å²) in [5, 5.41) is 5.77. The maximum Gasteiger partial charge on any atom is 0.278 e. The summed E-state index contributed by atoms with van der Waals surface area (Å²) in [6.07, 6.45) is 0. The zero-order valence-corrected chi connectivity index (χ0v) is 13.8. The molecule has 3 rings (SSSR count). The van der Waals surface area contributed by atoms with Gasteiger partial charge in [0, 0.05) is 5.02 Å². The van der Waals surface area contributed by atoms with Gasteiger partial charge in [0.25, 0.3) is 17.4 Å². The largest absolute Gasteiger partial charge is 0.495 e. The van der Waals surface area contributed by atoms with Gasteiger partial charge in [-0.3, -0.25) is 9.59 Å². The Morgan fingerprint density at radius 2 is 2.04 bits per heavy atom. The van der Waals surface area contributed by atoms with Gasteiger partial charge in [-0.15, -0.1) is 0 Å². The first-order valence-corrected chi connectivity index (χ1v) is 7.56. The van der Waals surface area contributed by atoms with E-state index in [4.69, 9.17) is 21.1 Å². The minimum atomic E-state index is -1.72. The van der Waals surface area contributed by atoms with E-state index in [1.165, 1.54) is 14.0 Å². The Balaban J connectivity index is 1.89. The van der Waals surface area contributed by atoms with Crippen LogP contribution in [0.15, 0.2) is 42.5 Å². The van der Waals surface area contributed by atoms with Gasteiger partial charge < -0.3 is 20.1 Å². The second kappa shape index (κ2) is 6.05. The summed E-state index contributed by atoms with van der Waals surface area (Å²) in [5.74, 6) is -0.329. The summed E-state index contributed by atoms with van der Waals surface area (Å²) in [6, 6.07) is 11.7. The zero-order valence-electron chi connectivity index (χ0n) is 13.1. The first-order valence-electron chi connectivity index (χ1n) is 7.18. The number of amides is 2. The summed E-state index contributed by atoms with van der Waals surface area (Å²) in [4.78, 5) is 25.1. The van der Waals surface area contributed by atoms with E-state index in [-0.39, 0.29) is 0 Å². The second-order valence-corrected chi connectivity index (χ2v) is 5.82. The molecule has 1 atom stereocenters. The first kappa shape index (κ1) is 16.1. The van der Waals surface area contributed by atoms with Crippen LogP contribution in [0.25, 0.3) is 0 Å². The first-order chi connectivity index (χ1) is 11.4. The highest BCUT2D eigenvalue weighted by Crippen LogP contribution is 2.36. The molecule has 2 N–H and O–H groups in total. The highest BCUT2D eigenvalue weighted by atomic mass is 35.5. The third-order valence-corrected chi connectivity index (χ3v) is 3.96. The number of carbonyl (C=O) groups excluding carboxylic acids is 2. The van der Waals surface area contributed by atoms with E-state index >= 15 is 0 Å². The van der Waals surface area contributed by atoms with Gasteiger partial charge in [-0.2, -0.15) is 0 Å². The standard InChI is InChI=1S/C17H15ClN2O4/c1-17(15(21)19-11-5-3-4-6-13(11)23-2)16(22)20-12-9-10(18)7-8-14(12)24-17/h3-9H,1-2H3,(H,19,21)(H,20,22). The molecule has 0 radical (unpaired) electrons. The van der Waals surface area contributed by atoms with Crippen LogP contribution in [0.5, 0.6) is 11.5 Å². The summed E-state index contributed by atoms with van der Waals surface area (Å²) < 4.78 is 10.9. The number of methoxy groups -OCH3 is 1. The van der Waals surface area contributed by atoms with Crippen LogP contribution in [0.3, 0.4) is 0 Å². The van der Waals surface area contributed by atoms with Crippen LogP contribution in [0.1, 0.15) is 6.92 Å². The van der Waals surface area contributed by atoms with Crippen LogP contribution >= 0.6 is 11.6 Å². The number of fused-ring (bicyclic) bond motifs is 1. The minimum absolute atomic E-state index is 0.372. The van der Waals surface area contributed by atoms with Crippen molar-refractivity contribution in [2.24, 2.45) is 0 Å². The summed E-state index contributed by atoms with van der Waals surface area (Å²) in [7, 11) is 1.50. The zero-order chi connectivity index (χ0) is 17.3. The van der Waals surface area contributed by atoms with E-state index in [0.29, 0.717) is 27.9 Å². The Bertz CT molecular complexity index is 824. The third kappa shape index (κ3) is 2.76. The van der Waals surface area contributed by atoms with Crippen LogP contribution in [0, 0.1) is 0 Å². The van der Waals surface area contributed by atoms with Gasteiger partial charge in [-0.25, -0.2) is 0 Å². The van der Waals surface area contributed by atoms with Crippen molar-refractivity contribution >= 4 is 34.8 Å². The van der Waals surface area contributed by atoms with Crippen LogP contribution in [0.2, 0.25) is 5.02 Å². The maximum atomic E-state index is 12.7. The fraction of sp³-hybridized carbons (Fsp3) is 0.176. The van der Waals surface area contributed by atoms with Crippen molar-refractivity contribution in [3.8, 4) is 11.5 Å². The van der Waals surface area contributed by atoms with Crippen molar-refractivity contribution in [2.75, 3.05) is 17.7 Å². The summed E-state index contributed by atoms with van der Waals surface area (Å²) >= 11 is 5.90. The average Bonchev–Trinajstić information content (AvgIpc) is 2.56. The number of anilines is 2. The lowest BCUT2D eigenvalue weighted by atomic mass is 10.0. The lowest BCUT2D eigenvalue weighted by molar-refractivity contribution is -0.143. The minimum Gasteiger partial charge on any atom is -0.495 e. The lowest BCUT2D eigenvalue weighted by Gasteiger charge is -2.33. The molecule has 1 aliphatic rings. The number of para-hydroxylation sites is 2. The van der Waals surface area contributed by atoms with E-state index in [1.807, 2.05) is 0 Å². The molecule has 2 aromatic rings. The van der Waals surface area contributed by atoms with Crippen molar-refractivity contribution in [1.82, 2.24) is 0 Å². The molecule has 1 unspecified atom stereocenters. The Morgan fingerprint density at radius 1 is 1.29 bits per heavy atom. The molecule has 0 bridgehead atoms. The molecule has 0 aliphatic carbocycles. The molecule has 124 valence electrons. The third-order valence-electron chi connectivity index (χ3n) is 3.73. The number of hydrogen-bond acceptors (Lipinski definition) is 4. The normalized spacial score (nSPS) is 18.9. The molecule has 0 saturated carbocycles. The monoisotopic (exact) mass is 346 g/mol. The van der Waals surface area contributed by atoms with E-state index < -0.39 is 17.4 Å². The van der Waals surface area contributed by atoms with Gasteiger partial charge in [0.15, 0.2) is 0 Å². The number of benzene rings is 2. The highest BCUT2D eigenvalue weighted by molar-refractivity contribution is 6.31. The molecule has 0 spiro atoms. The van der Waals surface area contributed by atoms with Gasteiger partial charge in [0.2, 0.25) is 0 Å². The molecule has 2 aromatic carbocycles. The van der Waals surface area contributed by atoms with Crippen LogP contribution < -0.4 is 20.1 Å². The maximum absolute atomic E-state index is 12.7. The molecule has 0 aromatic heterocycles. The van der Waals surface area contributed by atoms with Gasteiger partial charge in [0.1, 0.15) is 11.5 Å². The molecule has 1 heterocycles. The van der Waals surface area contributed by atoms with Gasteiger partial charge >= 0.3 is 0 Å². The molecule has 0 saturated heterocycles. The molecule has 7 heteroatoms. The van der Waals surface area contributed by atoms with Crippen molar-refractivity contribution in [1.29, 1.82) is 0 Å². The van der Waals surface area contributed by atoms with Gasteiger partial charge in [-0.05, 0) is 37.3 Å². The predicted octanol–water partition coefficient (Wildman–Crippen LogP) is 3.08. The molecular formula is C17H15ClN2O4. The average molecular weight is 347 g/mol. The molecular weight excluding hydrogens is 332 g/mol. The topological polar surface area (TPSA) is 76.7 Å². The lowest BCUT2D eigenvalue weighted by Crippen LogP contribution is -2.56. The van der Waals surface area contributed by atoms with Gasteiger partial charge in [-0.1, -0.05) is 23.7 Å². The van der Waals surface area contributed by atoms with Crippen molar-refractivity contribution in [3.05, 3.63) is 47.5 Å². The van der Waals surface area contributed by atoms with Crippen LogP contribution in [-0.2, 0) is 9.59 Å². The fourth-order valence-electron chi connectivity index (χ4n) is 2.34. The predicted molar refractivity (Wildman–Crippen MR) is 90.7 cm³/mol. The Morgan fingerprint density at radius 3 is 2.79 bits per heavy atom. The van der Waals surface area contributed by atoms with E-state index in [2.05, 4.69) is 10.6 Å². The number of ether oxygens (including phenoxy) is 2. The van der Waals surface area contributed by atoms with Crippen molar-refractivity contribution in [2.45, 2.75) is 12.5 Å². The molecule has 6 nitrogen and oxygen atoms in total. The SMILES string of the molecule is COc1ccccc1NC(=O)C1(C)Oc2ccc(Cl)cc2NC1=O. The summed E-state index contributed by atoms with van der Waals surface area (Å²) in [6.45, 7) is 1.41. The number of halogens is 1. The highest BCUT2D eigenvalue weighted by Gasteiger charge is 2.47. The van der Waals surface area contributed by atoms with E-state index in [9.17, 15) is 9.59 Å². The molecule has 2 amide bonds. The number of hydrogen-bond donors (Lipinski definition) is 2. The quantitative estimate of drug-likeness (QED) is 0.837. The number of nitrogens with one attached hydrogen (secondary N) is 2. The van der Waals surface area contributed by atoms with E-state index in [1.54, 1.807) is 42.5 Å². The molecule has 0 fully saturated rings. The fourth-order valence-corrected chi connectivity index (χ4v) is 2.51. The Hall–Kier alpha value is -2.73. The van der Waals surface area contributed by atoms with Crippen molar-refractivity contribution in [3.63, 3.8) is 0 Å².